The van der Waals surface area contributed by atoms with E-state index in [0.29, 0.717) is 25.0 Å². The van der Waals surface area contributed by atoms with Gasteiger partial charge in [-0.3, -0.25) is 0 Å². The second-order valence-electron chi connectivity index (χ2n) is 9.38. The SMILES string of the molecule is CC(O)c1ccc(C(=O)OC2CC=C(c3ccc(-c4ccc(C5CO5)c(F)c4F)c(F)c3)CC2)c(F)c1F. The highest BCUT2D eigenvalue weighted by atomic mass is 19.2. The number of carbonyl (C=O) groups is 1. The monoisotopic (exact) mass is 530 g/mol. The van der Waals surface area contributed by atoms with E-state index in [1.165, 1.54) is 31.2 Å². The Morgan fingerprint density at radius 1 is 0.974 bits per heavy atom. The van der Waals surface area contributed by atoms with Crippen molar-refractivity contribution in [1.82, 2.24) is 0 Å². The van der Waals surface area contributed by atoms with Crippen LogP contribution in [0, 0.1) is 29.1 Å². The molecule has 1 heterocycles. The Hall–Kier alpha value is -3.56. The molecule has 2 aliphatic rings. The van der Waals surface area contributed by atoms with Crippen molar-refractivity contribution >= 4 is 11.5 Å². The number of halogens is 5. The summed E-state index contributed by atoms with van der Waals surface area (Å²) >= 11 is 0. The molecule has 1 N–H and O–H groups in total. The Kier molecular flexibility index (Phi) is 7.07. The molecule has 1 fully saturated rings. The highest BCUT2D eigenvalue weighted by Crippen LogP contribution is 2.37. The summed E-state index contributed by atoms with van der Waals surface area (Å²) in [4.78, 5) is 12.4. The van der Waals surface area contributed by atoms with Crippen molar-refractivity contribution < 1.29 is 41.3 Å². The van der Waals surface area contributed by atoms with Crippen molar-refractivity contribution in [2.24, 2.45) is 0 Å². The number of hydrogen-bond acceptors (Lipinski definition) is 4. The number of benzene rings is 3. The van der Waals surface area contributed by atoms with Gasteiger partial charge in [-0.25, -0.2) is 26.7 Å². The van der Waals surface area contributed by atoms with Gasteiger partial charge in [-0.15, -0.1) is 0 Å². The van der Waals surface area contributed by atoms with Crippen molar-refractivity contribution in [3.05, 3.63) is 99.9 Å². The fourth-order valence-electron chi connectivity index (χ4n) is 4.62. The van der Waals surface area contributed by atoms with Gasteiger partial charge in [0.25, 0.3) is 0 Å². The lowest BCUT2D eigenvalue weighted by Gasteiger charge is -2.23. The van der Waals surface area contributed by atoms with E-state index in [0.717, 1.165) is 17.7 Å². The summed E-state index contributed by atoms with van der Waals surface area (Å²) in [5, 5.41) is 9.49. The number of epoxide rings is 1. The van der Waals surface area contributed by atoms with Gasteiger partial charge in [-0.2, -0.15) is 0 Å². The molecule has 4 nitrogen and oxygen atoms in total. The quantitative estimate of drug-likeness (QED) is 0.213. The number of esters is 1. The summed E-state index contributed by atoms with van der Waals surface area (Å²) in [6, 6.07) is 9.16. The predicted molar refractivity (Wildman–Crippen MR) is 128 cm³/mol. The predicted octanol–water partition coefficient (Wildman–Crippen LogP) is 6.97. The molecule has 1 aliphatic heterocycles. The lowest BCUT2D eigenvalue weighted by molar-refractivity contribution is 0.0278. The van der Waals surface area contributed by atoms with Gasteiger partial charge in [0, 0.05) is 28.7 Å². The Bertz CT molecular complexity index is 1450. The number of aliphatic hydroxyl groups is 1. The minimum Gasteiger partial charge on any atom is -0.458 e. The average molecular weight is 530 g/mol. The lowest BCUT2D eigenvalue weighted by atomic mass is 9.90. The number of rotatable bonds is 6. The summed E-state index contributed by atoms with van der Waals surface area (Å²) in [7, 11) is 0. The molecule has 0 amide bonds. The molecule has 0 saturated carbocycles. The molecule has 0 spiro atoms. The maximum atomic E-state index is 15.0. The normalized spacial score (nSPS) is 19.6. The first-order valence-corrected chi connectivity index (χ1v) is 12.1. The maximum absolute atomic E-state index is 15.0. The van der Waals surface area contributed by atoms with Crippen molar-refractivity contribution in [2.75, 3.05) is 6.61 Å². The molecule has 5 rings (SSSR count). The molecular formula is C29H23F5O4. The highest BCUT2D eigenvalue weighted by molar-refractivity contribution is 5.90. The van der Waals surface area contributed by atoms with E-state index in [1.807, 2.05) is 0 Å². The smallest absolute Gasteiger partial charge is 0.341 e. The molecule has 1 saturated heterocycles. The van der Waals surface area contributed by atoms with E-state index in [1.54, 1.807) is 12.1 Å². The summed E-state index contributed by atoms with van der Waals surface area (Å²) in [5.41, 5.74) is 0.325. The number of hydrogen-bond donors (Lipinski definition) is 1. The summed E-state index contributed by atoms with van der Waals surface area (Å²) in [6.45, 7) is 1.60. The molecular weight excluding hydrogens is 507 g/mol. The van der Waals surface area contributed by atoms with Gasteiger partial charge < -0.3 is 14.6 Å². The van der Waals surface area contributed by atoms with Crippen LogP contribution in [0.3, 0.4) is 0 Å². The summed E-state index contributed by atoms with van der Waals surface area (Å²) in [6.07, 6.45) is 0.496. The zero-order valence-corrected chi connectivity index (χ0v) is 20.2. The van der Waals surface area contributed by atoms with E-state index in [-0.39, 0.29) is 28.7 Å². The molecule has 0 aromatic heterocycles. The third-order valence-corrected chi connectivity index (χ3v) is 6.84. The zero-order valence-electron chi connectivity index (χ0n) is 20.2. The van der Waals surface area contributed by atoms with Crippen LogP contribution in [-0.4, -0.2) is 23.8 Å². The van der Waals surface area contributed by atoms with E-state index < -0.39 is 58.9 Å². The van der Waals surface area contributed by atoms with Crippen molar-refractivity contribution in [3.8, 4) is 11.1 Å². The molecule has 38 heavy (non-hydrogen) atoms. The molecule has 0 bridgehead atoms. The number of ether oxygens (including phenoxy) is 2. The highest BCUT2D eigenvalue weighted by Gasteiger charge is 2.31. The second-order valence-corrected chi connectivity index (χ2v) is 9.38. The van der Waals surface area contributed by atoms with Crippen molar-refractivity contribution in [3.63, 3.8) is 0 Å². The lowest BCUT2D eigenvalue weighted by Crippen LogP contribution is -2.21. The van der Waals surface area contributed by atoms with Crippen LogP contribution in [0.2, 0.25) is 0 Å². The third-order valence-electron chi connectivity index (χ3n) is 6.84. The number of allylic oxidation sites excluding steroid dienone is 1. The van der Waals surface area contributed by atoms with Crippen LogP contribution in [0.1, 0.15) is 65.4 Å². The molecule has 1 aliphatic carbocycles. The topological polar surface area (TPSA) is 59.1 Å². The standard InChI is InChI=1S/C29H23F5O4/c1-14(35)18-8-11-22(28(34)25(18)31)29(36)38-17-5-2-15(3-6-17)16-4-7-19(23(30)12-16)20-9-10-21(24-13-37-24)27(33)26(20)32/h2,4,7-12,14,17,24,35H,3,5-6,13H2,1H3. The molecule has 198 valence electrons. The van der Waals surface area contributed by atoms with Crippen LogP contribution in [0.4, 0.5) is 22.0 Å². The largest absolute Gasteiger partial charge is 0.458 e. The van der Waals surface area contributed by atoms with Crippen molar-refractivity contribution in [2.45, 2.75) is 44.5 Å². The Morgan fingerprint density at radius 2 is 1.71 bits per heavy atom. The third kappa shape index (κ3) is 4.96. The fourth-order valence-corrected chi connectivity index (χ4v) is 4.62. The van der Waals surface area contributed by atoms with E-state index in [4.69, 9.17) is 9.47 Å². The first-order chi connectivity index (χ1) is 18.2. The molecule has 0 radical (unpaired) electrons. The maximum Gasteiger partial charge on any atom is 0.341 e. The van der Waals surface area contributed by atoms with Crippen molar-refractivity contribution in [1.29, 1.82) is 0 Å². The van der Waals surface area contributed by atoms with Crippen LogP contribution in [-0.2, 0) is 9.47 Å². The minimum atomic E-state index is -1.39. The van der Waals surface area contributed by atoms with E-state index in [2.05, 4.69) is 0 Å². The van der Waals surface area contributed by atoms with Gasteiger partial charge in [0.1, 0.15) is 18.0 Å². The van der Waals surface area contributed by atoms with Gasteiger partial charge in [-0.1, -0.05) is 36.4 Å². The van der Waals surface area contributed by atoms with Crippen LogP contribution < -0.4 is 0 Å². The minimum absolute atomic E-state index is 0.0764. The van der Waals surface area contributed by atoms with Gasteiger partial charge in [0.15, 0.2) is 23.3 Å². The molecule has 3 aromatic carbocycles. The van der Waals surface area contributed by atoms with Crippen LogP contribution in [0.15, 0.2) is 48.5 Å². The Morgan fingerprint density at radius 3 is 2.34 bits per heavy atom. The number of carbonyl (C=O) groups excluding carboxylic acids is 1. The number of aliphatic hydroxyl groups excluding tert-OH is 1. The summed E-state index contributed by atoms with van der Waals surface area (Å²) < 4.78 is 82.8. The average Bonchev–Trinajstić information content (AvgIpc) is 3.73. The van der Waals surface area contributed by atoms with Gasteiger partial charge in [0.2, 0.25) is 0 Å². The van der Waals surface area contributed by atoms with Crippen LogP contribution in [0.25, 0.3) is 16.7 Å². The molecule has 3 aromatic rings. The second kappa shape index (κ2) is 10.3. The van der Waals surface area contributed by atoms with Gasteiger partial charge in [0.05, 0.1) is 18.3 Å². The summed E-state index contributed by atoms with van der Waals surface area (Å²) in [5.74, 6) is -6.62. The van der Waals surface area contributed by atoms with Gasteiger partial charge in [-0.05, 0) is 43.0 Å². The zero-order chi connectivity index (χ0) is 27.1. The first kappa shape index (κ1) is 26.1. The van der Waals surface area contributed by atoms with E-state index in [9.17, 15) is 31.9 Å². The van der Waals surface area contributed by atoms with Crippen LogP contribution in [0.5, 0.6) is 0 Å². The molecule has 3 atom stereocenters. The van der Waals surface area contributed by atoms with Crippen LogP contribution >= 0.6 is 0 Å². The Labute approximate surface area is 215 Å². The molecule has 3 unspecified atom stereocenters. The van der Waals surface area contributed by atoms with Gasteiger partial charge >= 0.3 is 5.97 Å². The molecule has 9 heteroatoms. The fraction of sp³-hybridized carbons (Fsp3) is 0.276. The Balaban J connectivity index is 1.28. The first-order valence-electron chi connectivity index (χ1n) is 12.1. The van der Waals surface area contributed by atoms with E-state index >= 15 is 0 Å².